The predicted molar refractivity (Wildman–Crippen MR) is 80.5 cm³/mol. The molecule has 0 spiro atoms. The van der Waals surface area contributed by atoms with E-state index in [0.29, 0.717) is 30.2 Å². The third-order valence-electron chi connectivity index (χ3n) is 3.73. The third-order valence-corrected chi connectivity index (χ3v) is 3.94. The Hall–Kier alpha value is -1.66. The highest BCUT2D eigenvalue weighted by atomic mass is 35.5. The first-order valence-electron chi connectivity index (χ1n) is 7.02. The summed E-state index contributed by atoms with van der Waals surface area (Å²) in [6.45, 7) is 0.388. The normalized spacial score (nSPS) is 15.1. The average molecular weight is 309 g/mol. The van der Waals surface area contributed by atoms with E-state index in [0.717, 1.165) is 24.0 Å². The summed E-state index contributed by atoms with van der Waals surface area (Å²) >= 11 is 5.98. The molecule has 21 heavy (non-hydrogen) atoms. The van der Waals surface area contributed by atoms with Crippen LogP contribution in [-0.4, -0.2) is 34.2 Å². The van der Waals surface area contributed by atoms with Crippen molar-refractivity contribution in [1.29, 1.82) is 0 Å². The molecule has 1 amide bonds. The fourth-order valence-electron chi connectivity index (χ4n) is 2.41. The minimum atomic E-state index is -0.112. The van der Waals surface area contributed by atoms with Crippen LogP contribution in [0.25, 0.3) is 11.2 Å². The van der Waals surface area contributed by atoms with Gasteiger partial charge in [0.05, 0.1) is 13.0 Å². The summed E-state index contributed by atoms with van der Waals surface area (Å²) in [5, 5.41) is 3.28. The van der Waals surface area contributed by atoms with E-state index in [-0.39, 0.29) is 5.91 Å². The van der Waals surface area contributed by atoms with Crippen LogP contribution in [0.4, 0.5) is 5.95 Å². The van der Waals surface area contributed by atoms with E-state index in [2.05, 4.69) is 15.3 Å². The summed E-state index contributed by atoms with van der Waals surface area (Å²) in [7, 11) is 1.57. The number of hydrogen-bond donors (Lipinski definition) is 1. The molecule has 0 bridgehead atoms. The van der Waals surface area contributed by atoms with Gasteiger partial charge in [0.15, 0.2) is 5.65 Å². The predicted octanol–water partition coefficient (Wildman–Crippen LogP) is 2.78. The maximum Gasteiger partial charge on any atom is 0.229 e. The van der Waals surface area contributed by atoms with E-state index >= 15 is 0 Å². The fraction of sp³-hybridized carbons (Fsp3) is 0.500. The van der Waals surface area contributed by atoms with Gasteiger partial charge in [-0.3, -0.25) is 14.7 Å². The van der Waals surface area contributed by atoms with Crippen molar-refractivity contribution >= 4 is 34.6 Å². The lowest BCUT2D eigenvalue weighted by Crippen LogP contribution is -2.22. The van der Waals surface area contributed by atoms with Crippen LogP contribution in [-0.2, 0) is 9.53 Å². The Morgan fingerprint density at radius 2 is 2.29 bits per heavy atom. The summed E-state index contributed by atoms with van der Waals surface area (Å²) in [5.41, 5.74) is 1.47. The zero-order valence-corrected chi connectivity index (χ0v) is 12.6. The van der Waals surface area contributed by atoms with Gasteiger partial charge in [0.25, 0.3) is 0 Å². The van der Waals surface area contributed by atoms with Gasteiger partial charge in [0.2, 0.25) is 11.9 Å². The maximum atomic E-state index is 11.9. The summed E-state index contributed by atoms with van der Waals surface area (Å²) in [6, 6.07) is 3.86. The largest absolute Gasteiger partial charge is 0.384 e. The highest BCUT2D eigenvalue weighted by Crippen LogP contribution is 2.36. The lowest BCUT2D eigenvalue weighted by molar-refractivity contribution is -0.117. The van der Waals surface area contributed by atoms with Gasteiger partial charge < -0.3 is 4.74 Å². The van der Waals surface area contributed by atoms with Crippen LogP contribution in [0.3, 0.4) is 0 Å². The average Bonchev–Trinajstić information content (AvgIpc) is 2.73. The van der Waals surface area contributed by atoms with Crippen molar-refractivity contribution in [2.24, 2.45) is 0 Å². The molecule has 1 aliphatic carbocycles. The molecule has 0 aromatic carbocycles. The zero-order chi connectivity index (χ0) is 14.8. The van der Waals surface area contributed by atoms with Crippen molar-refractivity contribution in [3.8, 4) is 0 Å². The smallest absolute Gasteiger partial charge is 0.229 e. The van der Waals surface area contributed by atoms with E-state index in [1.807, 2.05) is 10.6 Å². The number of anilines is 1. The monoisotopic (exact) mass is 308 g/mol. The molecule has 2 aromatic rings. The number of ether oxygens (including phenoxy) is 1. The number of aromatic nitrogens is 3. The summed E-state index contributed by atoms with van der Waals surface area (Å²) in [6.07, 6.45) is 3.63. The van der Waals surface area contributed by atoms with Crippen LogP contribution >= 0.6 is 11.6 Å². The molecular weight excluding hydrogens is 292 g/mol. The molecule has 3 rings (SSSR count). The Balaban J connectivity index is 1.94. The summed E-state index contributed by atoms with van der Waals surface area (Å²) in [5.74, 6) is 0.435. The lowest BCUT2D eigenvalue weighted by atomic mass is 9.93. The highest BCUT2D eigenvalue weighted by molar-refractivity contribution is 6.29. The summed E-state index contributed by atoms with van der Waals surface area (Å²) in [4.78, 5) is 20.7. The molecule has 0 unspecified atom stereocenters. The van der Waals surface area contributed by atoms with Crippen LogP contribution in [0.15, 0.2) is 12.1 Å². The number of imidazole rings is 1. The molecule has 6 nitrogen and oxygen atoms in total. The number of rotatable bonds is 5. The van der Waals surface area contributed by atoms with Crippen LogP contribution < -0.4 is 5.32 Å². The molecule has 0 aliphatic heterocycles. The number of nitrogens with one attached hydrogen (secondary N) is 1. The quantitative estimate of drug-likeness (QED) is 0.862. The fourth-order valence-corrected chi connectivity index (χ4v) is 2.55. The molecule has 1 N–H and O–H groups in total. The van der Waals surface area contributed by atoms with Gasteiger partial charge >= 0.3 is 0 Å². The number of hydrogen-bond acceptors (Lipinski definition) is 4. The Morgan fingerprint density at radius 1 is 1.48 bits per heavy atom. The molecule has 7 heteroatoms. The van der Waals surface area contributed by atoms with E-state index in [1.165, 1.54) is 6.42 Å². The van der Waals surface area contributed by atoms with Crippen LogP contribution in [0.1, 0.15) is 31.7 Å². The molecule has 1 fully saturated rings. The molecule has 0 atom stereocenters. The Kier molecular flexibility index (Phi) is 4.07. The van der Waals surface area contributed by atoms with Gasteiger partial charge in [-0.25, -0.2) is 9.97 Å². The second-order valence-corrected chi connectivity index (χ2v) is 5.55. The van der Waals surface area contributed by atoms with Gasteiger partial charge in [0.1, 0.15) is 10.7 Å². The summed E-state index contributed by atoms with van der Waals surface area (Å²) < 4.78 is 6.91. The van der Waals surface area contributed by atoms with Crippen molar-refractivity contribution in [2.45, 2.75) is 31.7 Å². The number of carbonyl (C=O) groups is 1. The van der Waals surface area contributed by atoms with Crippen molar-refractivity contribution < 1.29 is 9.53 Å². The Labute approximate surface area is 127 Å². The van der Waals surface area contributed by atoms with Crippen molar-refractivity contribution in [3.05, 3.63) is 17.3 Å². The number of pyridine rings is 1. The standard InChI is InChI=1S/C14H17ClN4O2/c1-21-8-7-12(20)18-14-16-10-5-6-11(15)17-13(10)19(14)9-3-2-4-9/h5-6,9H,2-4,7-8H2,1H3,(H,16,18,20). The first kappa shape index (κ1) is 14.3. The van der Waals surface area contributed by atoms with Gasteiger partial charge in [-0.1, -0.05) is 11.6 Å². The molecular formula is C14H17ClN4O2. The lowest BCUT2D eigenvalue weighted by Gasteiger charge is -2.28. The minimum Gasteiger partial charge on any atom is -0.384 e. The highest BCUT2D eigenvalue weighted by Gasteiger charge is 2.26. The van der Waals surface area contributed by atoms with Gasteiger partial charge in [-0.2, -0.15) is 0 Å². The first-order chi connectivity index (χ1) is 10.2. The molecule has 0 radical (unpaired) electrons. The number of fused-ring (bicyclic) bond motifs is 1. The molecule has 2 heterocycles. The molecule has 1 aliphatic rings. The topological polar surface area (TPSA) is 69.0 Å². The zero-order valence-electron chi connectivity index (χ0n) is 11.8. The van der Waals surface area contributed by atoms with Crippen molar-refractivity contribution in [1.82, 2.24) is 14.5 Å². The van der Waals surface area contributed by atoms with Crippen molar-refractivity contribution in [3.63, 3.8) is 0 Å². The van der Waals surface area contributed by atoms with E-state index in [1.54, 1.807) is 13.2 Å². The van der Waals surface area contributed by atoms with Crippen LogP contribution in [0.2, 0.25) is 5.15 Å². The number of nitrogens with zero attached hydrogens (tertiary/aromatic N) is 3. The van der Waals surface area contributed by atoms with Crippen LogP contribution in [0, 0.1) is 0 Å². The van der Waals surface area contributed by atoms with Crippen LogP contribution in [0.5, 0.6) is 0 Å². The minimum absolute atomic E-state index is 0.112. The number of amides is 1. The Bertz CT molecular complexity index is 666. The van der Waals surface area contributed by atoms with E-state index < -0.39 is 0 Å². The Morgan fingerprint density at radius 3 is 2.95 bits per heavy atom. The number of carbonyl (C=O) groups excluding carboxylic acids is 1. The van der Waals surface area contributed by atoms with Gasteiger partial charge in [-0.05, 0) is 31.4 Å². The van der Waals surface area contributed by atoms with Gasteiger partial charge in [0, 0.05) is 13.2 Å². The van der Waals surface area contributed by atoms with Gasteiger partial charge in [-0.15, -0.1) is 0 Å². The molecule has 112 valence electrons. The molecule has 2 aromatic heterocycles. The number of halogens is 1. The molecule has 1 saturated carbocycles. The third kappa shape index (κ3) is 2.87. The first-order valence-corrected chi connectivity index (χ1v) is 7.40. The molecule has 0 saturated heterocycles. The second kappa shape index (κ2) is 5.99. The van der Waals surface area contributed by atoms with E-state index in [9.17, 15) is 4.79 Å². The SMILES string of the molecule is COCCC(=O)Nc1nc2ccc(Cl)nc2n1C1CCC1. The number of methoxy groups -OCH3 is 1. The van der Waals surface area contributed by atoms with Crippen molar-refractivity contribution in [2.75, 3.05) is 19.0 Å². The van der Waals surface area contributed by atoms with E-state index in [4.69, 9.17) is 16.3 Å². The maximum absolute atomic E-state index is 11.9. The second-order valence-electron chi connectivity index (χ2n) is 5.16.